The minimum Gasteiger partial charge on any atom is -0.452 e. The molecule has 0 bridgehead atoms. The third-order valence-corrected chi connectivity index (χ3v) is 8.13. The maximum absolute atomic E-state index is 13.2. The van der Waals surface area contributed by atoms with Gasteiger partial charge in [-0.1, -0.05) is 17.7 Å². The molecule has 1 fully saturated rings. The summed E-state index contributed by atoms with van der Waals surface area (Å²) in [6, 6.07) is 14.7. The molecule has 0 radical (unpaired) electrons. The summed E-state index contributed by atoms with van der Waals surface area (Å²) < 4.78 is 45.9. The molecule has 14 heteroatoms. The Hall–Kier alpha value is -4.07. The van der Waals surface area contributed by atoms with E-state index in [0.29, 0.717) is 13.1 Å². The summed E-state index contributed by atoms with van der Waals surface area (Å²) in [4.78, 5) is 36.9. The van der Waals surface area contributed by atoms with Crippen LogP contribution in [0.3, 0.4) is 0 Å². The van der Waals surface area contributed by atoms with Crippen molar-refractivity contribution in [3.8, 4) is 0 Å². The molecule has 0 atom stereocenters. The van der Waals surface area contributed by atoms with Gasteiger partial charge in [0.05, 0.1) is 26.1 Å². The van der Waals surface area contributed by atoms with E-state index in [0.717, 1.165) is 11.8 Å². The Kier molecular flexibility index (Phi) is 8.43. The van der Waals surface area contributed by atoms with Gasteiger partial charge in [-0.3, -0.25) is 14.9 Å². The first-order chi connectivity index (χ1) is 18.5. The number of ether oxygens (including phenoxy) is 1. The normalized spacial score (nSPS) is 14.1. The number of non-ortho nitro benzene ring substituents is 1. The minimum atomic E-state index is -3.93. The van der Waals surface area contributed by atoms with E-state index in [2.05, 4.69) is 5.32 Å². The first-order valence-corrected chi connectivity index (χ1v) is 13.4. The second-order valence-electron chi connectivity index (χ2n) is 8.44. The molecule has 1 N–H and O–H groups in total. The van der Waals surface area contributed by atoms with Crippen molar-refractivity contribution in [2.45, 2.75) is 4.90 Å². The molecule has 0 aromatic heterocycles. The van der Waals surface area contributed by atoms with Crippen molar-refractivity contribution < 1.29 is 32.1 Å². The molecule has 39 heavy (non-hydrogen) atoms. The Labute approximate surface area is 227 Å². The van der Waals surface area contributed by atoms with Crippen LogP contribution in [0.4, 0.5) is 21.5 Å². The smallest absolute Gasteiger partial charge is 0.338 e. The highest BCUT2D eigenvalue weighted by atomic mass is 35.5. The lowest BCUT2D eigenvalue weighted by Crippen LogP contribution is -2.48. The van der Waals surface area contributed by atoms with E-state index < -0.39 is 33.4 Å². The molecular formula is C25H22ClFN4O7S. The molecule has 1 aliphatic rings. The number of carbonyl (C=O) groups excluding carboxylic acids is 2. The van der Waals surface area contributed by atoms with E-state index in [4.69, 9.17) is 16.3 Å². The summed E-state index contributed by atoms with van der Waals surface area (Å²) in [5.41, 5.74) is 0.387. The van der Waals surface area contributed by atoms with Crippen LogP contribution < -0.4 is 10.2 Å². The Morgan fingerprint density at radius 1 is 1.03 bits per heavy atom. The number of hydrogen-bond donors (Lipinski definition) is 1. The lowest BCUT2D eigenvalue weighted by molar-refractivity contribution is -0.384. The zero-order valence-corrected chi connectivity index (χ0v) is 21.8. The van der Waals surface area contributed by atoms with Crippen LogP contribution in [0, 0.1) is 15.9 Å². The van der Waals surface area contributed by atoms with Gasteiger partial charge >= 0.3 is 5.97 Å². The average Bonchev–Trinajstić information content (AvgIpc) is 2.93. The van der Waals surface area contributed by atoms with Crippen LogP contribution in [0.25, 0.3) is 0 Å². The second-order valence-corrected chi connectivity index (χ2v) is 10.8. The van der Waals surface area contributed by atoms with Gasteiger partial charge in [-0.2, -0.15) is 4.31 Å². The highest BCUT2D eigenvalue weighted by molar-refractivity contribution is 7.89. The Morgan fingerprint density at radius 2 is 1.72 bits per heavy atom. The number of nitrogens with zero attached hydrogens (tertiary/aromatic N) is 3. The second kappa shape index (κ2) is 11.8. The predicted molar refractivity (Wildman–Crippen MR) is 141 cm³/mol. The Balaban J connectivity index is 1.36. The molecule has 3 aromatic rings. The zero-order valence-electron chi connectivity index (χ0n) is 20.2. The van der Waals surface area contributed by atoms with Gasteiger partial charge in [0, 0.05) is 44.0 Å². The SMILES string of the molecule is O=C(COC(=O)c1cccc(S(=O)(=O)N2CCN(c3ccc(F)cc3)CC2)c1)Nc1cc([N+](=O)[O-])ccc1Cl. The number of nitro benzene ring substituents is 1. The molecule has 0 unspecified atom stereocenters. The number of esters is 1. The maximum Gasteiger partial charge on any atom is 0.338 e. The van der Waals surface area contributed by atoms with Gasteiger partial charge in [0.2, 0.25) is 10.0 Å². The van der Waals surface area contributed by atoms with Crippen LogP contribution in [-0.4, -0.2) is 62.3 Å². The number of amides is 1. The monoisotopic (exact) mass is 576 g/mol. The van der Waals surface area contributed by atoms with E-state index in [9.17, 15) is 32.5 Å². The van der Waals surface area contributed by atoms with Gasteiger partial charge in [-0.25, -0.2) is 17.6 Å². The highest BCUT2D eigenvalue weighted by Gasteiger charge is 2.29. The van der Waals surface area contributed by atoms with Crippen LogP contribution in [0.2, 0.25) is 5.02 Å². The molecular weight excluding hydrogens is 555 g/mol. The molecule has 0 spiro atoms. The van der Waals surface area contributed by atoms with E-state index in [1.165, 1.54) is 52.8 Å². The number of nitrogens with one attached hydrogen (secondary N) is 1. The minimum absolute atomic E-state index is 0.0282. The van der Waals surface area contributed by atoms with E-state index >= 15 is 0 Å². The number of hydrogen-bond acceptors (Lipinski definition) is 8. The molecule has 1 amide bonds. The van der Waals surface area contributed by atoms with E-state index in [1.54, 1.807) is 12.1 Å². The van der Waals surface area contributed by atoms with E-state index in [1.807, 2.05) is 4.90 Å². The van der Waals surface area contributed by atoms with Crippen molar-refractivity contribution in [3.05, 3.63) is 93.2 Å². The van der Waals surface area contributed by atoms with Crippen LogP contribution in [0.1, 0.15) is 10.4 Å². The molecule has 0 saturated carbocycles. The molecule has 11 nitrogen and oxygen atoms in total. The molecule has 4 rings (SSSR count). The summed E-state index contributed by atoms with van der Waals surface area (Å²) >= 11 is 5.95. The number of carbonyl (C=O) groups is 2. The fourth-order valence-corrected chi connectivity index (χ4v) is 5.53. The van der Waals surface area contributed by atoms with Crippen molar-refractivity contribution in [1.29, 1.82) is 0 Å². The van der Waals surface area contributed by atoms with Crippen LogP contribution >= 0.6 is 11.6 Å². The fourth-order valence-electron chi connectivity index (χ4n) is 3.89. The van der Waals surface area contributed by atoms with Gasteiger partial charge in [0.15, 0.2) is 6.61 Å². The maximum atomic E-state index is 13.2. The molecule has 1 aliphatic heterocycles. The summed E-state index contributed by atoms with van der Waals surface area (Å²) in [5, 5.41) is 13.3. The average molecular weight is 577 g/mol. The first kappa shape index (κ1) is 28.0. The number of halogens is 2. The van der Waals surface area contributed by atoms with Gasteiger partial charge in [-0.05, 0) is 48.5 Å². The lowest BCUT2D eigenvalue weighted by atomic mass is 10.2. The highest BCUT2D eigenvalue weighted by Crippen LogP contribution is 2.27. The van der Waals surface area contributed by atoms with Crippen LogP contribution in [0.5, 0.6) is 0 Å². The third-order valence-electron chi connectivity index (χ3n) is 5.91. The first-order valence-electron chi connectivity index (χ1n) is 11.6. The number of anilines is 2. The lowest BCUT2D eigenvalue weighted by Gasteiger charge is -2.35. The summed E-state index contributed by atoms with van der Waals surface area (Å²) in [6.07, 6.45) is 0. The summed E-state index contributed by atoms with van der Waals surface area (Å²) in [7, 11) is -3.93. The predicted octanol–water partition coefficient (Wildman–Crippen LogP) is 3.69. The van der Waals surface area contributed by atoms with Gasteiger partial charge in [0.1, 0.15) is 5.82 Å². The van der Waals surface area contributed by atoms with Crippen LogP contribution in [0.15, 0.2) is 71.6 Å². The number of piperazine rings is 1. The topological polar surface area (TPSA) is 139 Å². The number of benzene rings is 3. The van der Waals surface area contributed by atoms with E-state index in [-0.39, 0.29) is 45.8 Å². The van der Waals surface area contributed by atoms with Gasteiger partial charge < -0.3 is 15.0 Å². The number of rotatable bonds is 8. The van der Waals surface area contributed by atoms with Crippen molar-refractivity contribution >= 4 is 50.6 Å². The molecule has 1 saturated heterocycles. The Morgan fingerprint density at radius 3 is 2.38 bits per heavy atom. The standard InChI is InChI=1S/C25H22ClFN4O7S/c26-22-9-8-20(31(34)35)15-23(22)28-24(32)16-38-25(33)17-2-1-3-21(14-17)39(36,37)30-12-10-29(11-13-30)19-6-4-18(27)5-7-19/h1-9,14-15H,10-13,16H2,(H,28,32). The summed E-state index contributed by atoms with van der Waals surface area (Å²) in [5.74, 6) is -2.09. The largest absolute Gasteiger partial charge is 0.452 e. The third kappa shape index (κ3) is 6.69. The molecule has 3 aromatic carbocycles. The molecule has 0 aliphatic carbocycles. The number of nitro groups is 1. The quantitative estimate of drug-likeness (QED) is 0.243. The van der Waals surface area contributed by atoms with Crippen molar-refractivity contribution in [2.24, 2.45) is 0 Å². The number of sulfonamides is 1. The van der Waals surface area contributed by atoms with Gasteiger partial charge in [0.25, 0.3) is 11.6 Å². The van der Waals surface area contributed by atoms with Crippen molar-refractivity contribution in [1.82, 2.24) is 4.31 Å². The molecule has 1 heterocycles. The Bertz CT molecular complexity index is 1510. The van der Waals surface area contributed by atoms with Crippen molar-refractivity contribution in [3.63, 3.8) is 0 Å². The van der Waals surface area contributed by atoms with Crippen molar-refractivity contribution in [2.75, 3.05) is 43.0 Å². The zero-order chi connectivity index (χ0) is 28.2. The van der Waals surface area contributed by atoms with Crippen LogP contribution in [-0.2, 0) is 19.6 Å². The molecule has 204 valence electrons. The summed E-state index contributed by atoms with van der Waals surface area (Å²) in [6.45, 7) is 0.441. The fraction of sp³-hybridized carbons (Fsp3) is 0.200. The van der Waals surface area contributed by atoms with Gasteiger partial charge in [-0.15, -0.1) is 0 Å².